The van der Waals surface area contributed by atoms with E-state index in [1.54, 1.807) is 7.11 Å². The Morgan fingerprint density at radius 2 is 2.06 bits per heavy atom. The van der Waals surface area contributed by atoms with E-state index in [1.807, 2.05) is 19.4 Å². The molecular formula is C13H17N3OS. The van der Waals surface area contributed by atoms with Crippen LogP contribution in [0.5, 0.6) is 5.75 Å². The molecule has 0 aliphatic rings. The molecule has 1 heterocycles. The Balaban J connectivity index is 2.46. The third-order valence-electron chi connectivity index (χ3n) is 3.06. The van der Waals surface area contributed by atoms with Crippen molar-refractivity contribution in [3.63, 3.8) is 0 Å². The van der Waals surface area contributed by atoms with Crippen LogP contribution in [-0.2, 0) is 0 Å². The van der Waals surface area contributed by atoms with E-state index in [4.69, 9.17) is 4.74 Å². The first-order chi connectivity index (χ1) is 8.67. The van der Waals surface area contributed by atoms with Crippen LogP contribution in [0.4, 0.5) is 0 Å². The van der Waals surface area contributed by atoms with Gasteiger partial charge in [-0.3, -0.25) is 0 Å². The van der Waals surface area contributed by atoms with Crippen molar-refractivity contribution >= 4 is 11.5 Å². The lowest BCUT2D eigenvalue weighted by Gasteiger charge is -2.18. The van der Waals surface area contributed by atoms with E-state index in [2.05, 4.69) is 34.0 Å². The van der Waals surface area contributed by atoms with Crippen LogP contribution in [0.15, 0.2) is 17.5 Å². The number of methoxy groups -OCH3 is 1. The molecule has 0 bridgehead atoms. The summed E-state index contributed by atoms with van der Waals surface area (Å²) in [5.74, 6) is 0.919. The third kappa shape index (κ3) is 2.37. The predicted octanol–water partition coefficient (Wildman–Crippen LogP) is 2.47. The SMILES string of the molecule is CNC(c1csnn1)c1cc(C)c(OC)cc1C. The molecule has 0 saturated carbocycles. The van der Waals surface area contributed by atoms with Gasteiger partial charge in [-0.1, -0.05) is 10.6 Å². The fourth-order valence-electron chi connectivity index (χ4n) is 2.10. The highest BCUT2D eigenvalue weighted by atomic mass is 32.1. The van der Waals surface area contributed by atoms with Crippen LogP contribution in [0.3, 0.4) is 0 Å². The van der Waals surface area contributed by atoms with Crippen LogP contribution < -0.4 is 10.1 Å². The second-order valence-corrected chi connectivity index (χ2v) is 4.84. The largest absolute Gasteiger partial charge is 0.496 e. The summed E-state index contributed by atoms with van der Waals surface area (Å²) >= 11 is 1.37. The summed E-state index contributed by atoms with van der Waals surface area (Å²) in [7, 11) is 3.63. The second-order valence-electron chi connectivity index (χ2n) is 4.23. The molecule has 0 spiro atoms. The lowest BCUT2D eigenvalue weighted by atomic mass is 9.96. The molecule has 0 aliphatic heterocycles. The maximum absolute atomic E-state index is 5.34. The summed E-state index contributed by atoms with van der Waals surface area (Å²) in [6.07, 6.45) is 0. The molecule has 0 aliphatic carbocycles. The summed E-state index contributed by atoms with van der Waals surface area (Å²) in [5, 5.41) is 9.41. The van der Waals surface area contributed by atoms with Crippen molar-refractivity contribution < 1.29 is 4.74 Å². The molecule has 0 fully saturated rings. The number of rotatable bonds is 4. The van der Waals surface area contributed by atoms with Crippen LogP contribution in [0.25, 0.3) is 0 Å². The molecule has 4 nitrogen and oxygen atoms in total. The van der Waals surface area contributed by atoms with E-state index in [0.29, 0.717) is 0 Å². The van der Waals surface area contributed by atoms with Gasteiger partial charge in [0.2, 0.25) is 0 Å². The molecule has 0 saturated heterocycles. The Kier molecular flexibility index (Phi) is 3.93. The molecular weight excluding hydrogens is 246 g/mol. The van der Waals surface area contributed by atoms with Gasteiger partial charge in [-0.25, -0.2) is 0 Å². The normalized spacial score (nSPS) is 12.4. The lowest BCUT2D eigenvalue weighted by Crippen LogP contribution is -2.19. The third-order valence-corrected chi connectivity index (χ3v) is 3.58. The van der Waals surface area contributed by atoms with Crippen molar-refractivity contribution in [2.45, 2.75) is 19.9 Å². The van der Waals surface area contributed by atoms with Gasteiger partial charge in [0.25, 0.3) is 0 Å². The van der Waals surface area contributed by atoms with Crippen LogP contribution in [-0.4, -0.2) is 23.7 Å². The summed E-state index contributed by atoms with van der Waals surface area (Å²) in [6.45, 7) is 4.13. The molecule has 2 aromatic rings. The van der Waals surface area contributed by atoms with Crippen molar-refractivity contribution in [1.82, 2.24) is 14.9 Å². The van der Waals surface area contributed by atoms with Gasteiger partial charge >= 0.3 is 0 Å². The fraction of sp³-hybridized carbons (Fsp3) is 0.385. The first kappa shape index (κ1) is 13.0. The summed E-state index contributed by atoms with van der Waals surface area (Å²) < 4.78 is 9.27. The van der Waals surface area contributed by atoms with Crippen LogP contribution in [0.2, 0.25) is 0 Å². The minimum atomic E-state index is 0.0772. The van der Waals surface area contributed by atoms with Gasteiger partial charge in [-0.05, 0) is 55.2 Å². The molecule has 5 heteroatoms. The number of hydrogen-bond acceptors (Lipinski definition) is 5. The zero-order valence-electron chi connectivity index (χ0n) is 11.0. The van der Waals surface area contributed by atoms with E-state index >= 15 is 0 Å². The Hall–Kier alpha value is -1.46. The molecule has 1 aromatic heterocycles. The van der Waals surface area contributed by atoms with Crippen molar-refractivity contribution in [2.24, 2.45) is 0 Å². The highest BCUT2D eigenvalue weighted by Crippen LogP contribution is 2.29. The van der Waals surface area contributed by atoms with E-state index < -0.39 is 0 Å². The molecule has 1 N–H and O–H groups in total. The summed E-state index contributed by atoms with van der Waals surface area (Å²) in [6, 6.07) is 4.29. The summed E-state index contributed by atoms with van der Waals surface area (Å²) in [4.78, 5) is 0. The number of aromatic nitrogens is 2. The Bertz CT molecular complexity index is 525. The Morgan fingerprint density at radius 1 is 1.28 bits per heavy atom. The average Bonchev–Trinajstić information content (AvgIpc) is 2.87. The Morgan fingerprint density at radius 3 is 2.61 bits per heavy atom. The lowest BCUT2D eigenvalue weighted by molar-refractivity contribution is 0.411. The van der Waals surface area contributed by atoms with Crippen LogP contribution in [0.1, 0.15) is 28.4 Å². The predicted molar refractivity (Wildman–Crippen MR) is 73.3 cm³/mol. The van der Waals surface area contributed by atoms with Gasteiger partial charge in [-0.15, -0.1) is 5.10 Å². The quantitative estimate of drug-likeness (QED) is 0.920. The molecule has 2 rings (SSSR count). The fourth-order valence-corrected chi connectivity index (χ4v) is 2.58. The maximum Gasteiger partial charge on any atom is 0.122 e. The number of nitrogens with one attached hydrogen (secondary N) is 1. The molecule has 96 valence electrons. The van der Waals surface area contributed by atoms with Crippen molar-refractivity contribution in [3.8, 4) is 5.75 Å². The molecule has 0 radical (unpaired) electrons. The van der Waals surface area contributed by atoms with E-state index in [-0.39, 0.29) is 6.04 Å². The van der Waals surface area contributed by atoms with Crippen molar-refractivity contribution in [2.75, 3.05) is 14.2 Å². The van der Waals surface area contributed by atoms with Gasteiger partial charge in [0.1, 0.15) is 5.75 Å². The smallest absolute Gasteiger partial charge is 0.122 e. The minimum absolute atomic E-state index is 0.0772. The second kappa shape index (κ2) is 5.46. The first-order valence-corrected chi connectivity index (χ1v) is 6.60. The van der Waals surface area contributed by atoms with Crippen molar-refractivity contribution in [3.05, 3.63) is 39.9 Å². The van der Waals surface area contributed by atoms with Gasteiger partial charge < -0.3 is 10.1 Å². The monoisotopic (exact) mass is 263 g/mol. The van der Waals surface area contributed by atoms with Gasteiger partial charge in [-0.2, -0.15) is 0 Å². The van der Waals surface area contributed by atoms with Gasteiger partial charge in [0.05, 0.1) is 18.8 Å². The number of aryl methyl sites for hydroxylation is 2. The van der Waals surface area contributed by atoms with E-state index in [9.17, 15) is 0 Å². The number of hydrogen-bond donors (Lipinski definition) is 1. The standard InChI is InChI=1S/C13H17N3OS/c1-8-6-12(17-4)9(2)5-10(8)13(14-3)11-7-18-16-15-11/h5-7,13-14H,1-4H3. The van der Waals surface area contributed by atoms with Crippen LogP contribution in [0, 0.1) is 13.8 Å². The highest BCUT2D eigenvalue weighted by Gasteiger charge is 2.18. The topological polar surface area (TPSA) is 47.0 Å². The molecule has 18 heavy (non-hydrogen) atoms. The van der Waals surface area contributed by atoms with Gasteiger partial charge in [0, 0.05) is 5.38 Å². The number of ether oxygens (including phenoxy) is 1. The molecule has 1 unspecified atom stereocenters. The zero-order chi connectivity index (χ0) is 13.1. The first-order valence-electron chi connectivity index (χ1n) is 5.76. The Labute approximate surface area is 111 Å². The van der Waals surface area contributed by atoms with Crippen molar-refractivity contribution in [1.29, 1.82) is 0 Å². The van der Waals surface area contributed by atoms with Gasteiger partial charge in [0.15, 0.2) is 0 Å². The van der Waals surface area contributed by atoms with E-state index in [1.165, 1.54) is 22.7 Å². The number of nitrogens with zero attached hydrogens (tertiary/aromatic N) is 2. The molecule has 1 aromatic carbocycles. The van der Waals surface area contributed by atoms with E-state index in [0.717, 1.165) is 17.0 Å². The average molecular weight is 263 g/mol. The van der Waals surface area contributed by atoms with Crippen LogP contribution >= 0.6 is 11.5 Å². The highest BCUT2D eigenvalue weighted by molar-refractivity contribution is 7.03. The summed E-state index contributed by atoms with van der Waals surface area (Å²) in [5.41, 5.74) is 4.48. The molecule has 1 atom stereocenters. The minimum Gasteiger partial charge on any atom is -0.496 e. The zero-order valence-corrected chi connectivity index (χ0v) is 11.8. The molecule has 0 amide bonds. The maximum atomic E-state index is 5.34. The number of benzene rings is 1.